The van der Waals surface area contributed by atoms with Crippen LogP contribution in [0, 0.1) is 0 Å². The number of hydrogen-bond donors (Lipinski definition) is 1. The molecule has 0 rings (SSSR count). The van der Waals surface area contributed by atoms with Gasteiger partial charge in [0, 0.05) is 5.57 Å². The lowest BCUT2D eigenvalue weighted by Gasteiger charge is -2.03. The van der Waals surface area contributed by atoms with E-state index in [0.29, 0.717) is 6.29 Å². The zero-order chi connectivity index (χ0) is 9.56. The Morgan fingerprint density at radius 3 is 2.42 bits per heavy atom. The molecule has 0 aromatic carbocycles. The second kappa shape index (κ2) is 5.43. The standard InChI is InChI=1S/C9H12O3/c1-3-4-5-8(6-10)9(12)7(2)11/h3-6,9,12H,1-2H3. The fraction of sp³-hybridized carbons (Fsp3) is 0.333. The quantitative estimate of drug-likeness (QED) is 0.380. The van der Waals surface area contributed by atoms with E-state index < -0.39 is 11.9 Å². The fourth-order valence-corrected chi connectivity index (χ4v) is 0.637. The average molecular weight is 168 g/mol. The van der Waals surface area contributed by atoms with Crippen LogP contribution in [0.25, 0.3) is 0 Å². The van der Waals surface area contributed by atoms with Crippen molar-refractivity contribution in [2.45, 2.75) is 20.0 Å². The number of rotatable bonds is 4. The van der Waals surface area contributed by atoms with Crippen molar-refractivity contribution >= 4 is 12.1 Å². The minimum Gasteiger partial charge on any atom is -0.380 e. The summed E-state index contributed by atoms with van der Waals surface area (Å²) in [6.07, 6.45) is 3.90. The van der Waals surface area contributed by atoms with Crippen molar-refractivity contribution in [3.63, 3.8) is 0 Å². The Morgan fingerprint density at radius 2 is 2.08 bits per heavy atom. The number of aldehydes is 1. The molecule has 1 atom stereocenters. The summed E-state index contributed by atoms with van der Waals surface area (Å²) in [5.41, 5.74) is 0.0839. The highest BCUT2D eigenvalue weighted by molar-refractivity contribution is 5.92. The van der Waals surface area contributed by atoms with Crippen LogP contribution in [-0.4, -0.2) is 23.3 Å². The summed E-state index contributed by atoms with van der Waals surface area (Å²) >= 11 is 0. The summed E-state index contributed by atoms with van der Waals surface area (Å²) in [6, 6.07) is 0. The molecule has 0 saturated carbocycles. The molecule has 1 unspecified atom stereocenters. The van der Waals surface area contributed by atoms with E-state index in [-0.39, 0.29) is 5.57 Å². The molecule has 0 saturated heterocycles. The molecule has 0 amide bonds. The van der Waals surface area contributed by atoms with E-state index in [4.69, 9.17) is 5.11 Å². The first-order valence-corrected chi connectivity index (χ1v) is 3.60. The molecular weight excluding hydrogens is 156 g/mol. The highest BCUT2D eigenvalue weighted by Crippen LogP contribution is 2.00. The highest BCUT2D eigenvalue weighted by atomic mass is 16.3. The number of allylic oxidation sites excluding steroid dienone is 3. The van der Waals surface area contributed by atoms with Gasteiger partial charge < -0.3 is 5.11 Å². The molecule has 0 aliphatic rings. The number of carbonyl (C=O) groups is 2. The molecule has 0 radical (unpaired) electrons. The van der Waals surface area contributed by atoms with Crippen molar-refractivity contribution in [2.75, 3.05) is 0 Å². The number of Topliss-reactive ketones (excluding diaryl/α,β-unsaturated/α-hetero) is 1. The summed E-state index contributed by atoms with van der Waals surface area (Å²) in [7, 11) is 0. The van der Waals surface area contributed by atoms with Crippen molar-refractivity contribution in [2.24, 2.45) is 0 Å². The van der Waals surface area contributed by atoms with Gasteiger partial charge in [0.1, 0.15) is 12.4 Å². The van der Waals surface area contributed by atoms with Crippen molar-refractivity contribution in [1.29, 1.82) is 0 Å². The topological polar surface area (TPSA) is 54.4 Å². The van der Waals surface area contributed by atoms with Crippen molar-refractivity contribution in [1.82, 2.24) is 0 Å². The second-order valence-corrected chi connectivity index (χ2v) is 2.32. The minimum absolute atomic E-state index is 0.0839. The fourth-order valence-electron chi connectivity index (χ4n) is 0.637. The van der Waals surface area contributed by atoms with Gasteiger partial charge in [-0.1, -0.05) is 18.2 Å². The van der Waals surface area contributed by atoms with Gasteiger partial charge in [-0.3, -0.25) is 9.59 Å². The van der Waals surface area contributed by atoms with Gasteiger partial charge in [0.15, 0.2) is 5.78 Å². The Hall–Kier alpha value is -1.22. The highest BCUT2D eigenvalue weighted by Gasteiger charge is 2.13. The van der Waals surface area contributed by atoms with Crippen LogP contribution in [0.5, 0.6) is 0 Å². The van der Waals surface area contributed by atoms with Crippen molar-refractivity contribution in [3.05, 3.63) is 23.8 Å². The monoisotopic (exact) mass is 168 g/mol. The molecule has 1 N–H and O–H groups in total. The van der Waals surface area contributed by atoms with E-state index >= 15 is 0 Å². The Kier molecular flexibility index (Phi) is 4.88. The maximum atomic E-state index is 10.6. The predicted molar refractivity (Wildman–Crippen MR) is 45.6 cm³/mol. The molecule has 66 valence electrons. The zero-order valence-corrected chi connectivity index (χ0v) is 7.15. The molecular formula is C9H12O3. The maximum Gasteiger partial charge on any atom is 0.162 e. The molecule has 0 aromatic rings. The molecule has 3 nitrogen and oxygen atoms in total. The molecule has 0 aromatic heterocycles. The van der Waals surface area contributed by atoms with Crippen LogP contribution in [0.2, 0.25) is 0 Å². The lowest BCUT2D eigenvalue weighted by Crippen LogP contribution is -2.20. The molecule has 0 bridgehead atoms. The molecule has 0 spiro atoms. The number of carbonyl (C=O) groups excluding carboxylic acids is 2. The molecule has 12 heavy (non-hydrogen) atoms. The van der Waals surface area contributed by atoms with Crippen LogP contribution in [0.3, 0.4) is 0 Å². The lowest BCUT2D eigenvalue weighted by atomic mass is 10.1. The van der Waals surface area contributed by atoms with Crippen LogP contribution in [0.4, 0.5) is 0 Å². The zero-order valence-electron chi connectivity index (χ0n) is 7.15. The summed E-state index contributed by atoms with van der Waals surface area (Å²) < 4.78 is 0. The average Bonchev–Trinajstić information content (AvgIpc) is 2.05. The van der Waals surface area contributed by atoms with Crippen molar-refractivity contribution < 1.29 is 14.7 Å². The van der Waals surface area contributed by atoms with Gasteiger partial charge in [-0.15, -0.1) is 0 Å². The largest absolute Gasteiger partial charge is 0.380 e. The van der Waals surface area contributed by atoms with Crippen LogP contribution in [-0.2, 0) is 9.59 Å². The molecule has 0 aliphatic heterocycles. The van der Waals surface area contributed by atoms with E-state index in [1.807, 2.05) is 0 Å². The Labute approximate surface area is 71.4 Å². The van der Waals surface area contributed by atoms with Gasteiger partial charge in [-0.05, 0) is 13.8 Å². The first kappa shape index (κ1) is 10.8. The SMILES string of the molecule is CC=CC=C(C=O)C(O)C(C)=O. The Bertz CT molecular complexity index is 226. The van der Waals surface area contributed by atoms with Crippen LogP contribution in [0.1, 0.15) is 13.8 Å². The third-order valence-corrected chi connectivity index (χ3v) is 1.32. The van der Waals surface area contributed by atoms with Gasteiger partial charge in [-0.2, -0.15) is 0 Å². The van der Waals surface area contributed by atoms with E-state index in [2.05, 4.69) is 0 Å². The number of hydrogen-bond acceptors (Lipinski definition) is 3. The minimum atomic E-state index is -1.29. The summed E-state index contributed by atoms with van der Waals surface area (Å²) in [5.74, 6) is -0.433. The summed E-state index contributed by atoms with van der Waals surface area (Å²) in [6.45, 7) is 3.01. The summed E-state index contributed by atoms with van der Waals surface area (Å²) in [5, 5.41) is 9.13. The number of ketones is 1. The Morgan fingerprint density at radius 1 is 1.50 bits per heavy atom. The van der Waals surface area contributed by atoms with E-state index in [1.165, 1.54) is 13.0 Å². The predicted octanol–water partition coefficient (Wildman–Crippen LogP) is 0.638. The molecule has 0 aliphatic carbocycles. The van der Waals surface area contributed by atoms with E-state index in [0.717, 1.165) is 0 Å². The van der Waals surface area contributed by atoms with E-state index in [1.54, 1.807) is 19.1 Å². The summed E-state index contributed by atoms with van der Waals surface area (Å²) in [4.78, 5) is 21.0. The molecule has 0 fully saturated rings. The van der Waals surface area contributed by atoms with Gasteiger partial charge in [0.25, 0.3) is 0 Å². The maximum absolute atomic E-state index is 10.6. The third kappa shape index (κ3) is 3.25. The van der Waals surface area contributed by atoms with Crippen LogP contribution < -0.4 is 0 Å². The van der Waals surface area contributed by atoms with E-state index in [9.17, 15) is 9.59 Å². The van der Waals surface area contributed by atoms with Gasteiger partial charge in [0.2, 0.25) is 0 Å². The number of aliphatic hydroxyl groups excluding tert-OH is 1. The lowest BCUT2D eigenvalue weighted by molar-refractivity contribution is -0.124. The number of aliphatic hydroxyl groups is 1. The first-order chi connectivity index (χ1) is 5.63. The third-order valence-electron chi connectivity index (χ3n) is 1.32. The Balaban J connectivity index is 4.54. The smallest absolute Gasteiger partial charge is 0.162 e. The first-order valence-electron chi connectivity index (χ1n) is 3.60. The molecule has 3 heteroatoms. The van der Waals surface area contributed by atoms with Crippen LogP contribution >= 0.6 is 0 Å². The van der Waals surface area contributed by atoms with Gasteiger partial charge >= 0.3 is 0 Å². The van der Waals surface area contributed by atoms with Crippen LogP contribution in [0.15, 0.2) is 23.8 Å². The second-order valence-electron chi connectivity index (χ2n) is 2.32. The normalized spacial score (nSPS) is 14.8. The van der Waals surface area contributed by atoms with Gasteiger partial charge in [-0.25, -0.2) is 0 Å². The van der Waals surface area contributed by atoms with Crippen molar-refractivity contribution in [3.8, 4) is 0 Å². The van der Waals surface area contributed by atoms with Gasteiger partial charge in [0.05, 0.1) is 0 Å². The molecule has 0 heterocycles.